The lowest BCUT2D eigenvalue weighted by molar-refractivity contribution is -0.114. The smallest absolute Gasteiger partial charge is 0.125 e. The van der Waals surface area contributed by atoms with Crippen LogP contribution < -0.4 is 9.46 Å². The van der Waals surface area contributed by atoms with Crippen molar-refractivity contribution in [1.82, 2.24) is 4.72 Å². The van der Waals surface area contributed by atoms with E-state index in [1.165, 1.54) is 5.56 Å². The first-order valence-corrected chi connectivity index (χ1v) is 7.59. The Bertz CT molecular complexity index is 456. The molecule has 0 spiro atoms. The molecule has 0 bridgehead atoms. The molecule has 4 heteroatoms. The van der Waals surface area contributed by atoms with Gasteiger partial charge in [-0.25, -0.2) is 0 Å². The minimum absolute atomic E-state index is 0.254. The van der Waals surface area contributed by atoms with Gasteiger partial charge in [-0.05, 0) is 30.5 Å². The Kier molecular flexibility index (Phi) is 5.11. The van der Waals surface area contributed by atoms with E-state index in [1.807, 2.05) is 26.0 Å². The SMILES string of the molecule is CC(C)(C=O)CCc1cccc(O[C@H]2C[C@H](NS)C2)c1. The van der Waals surface area contributed by atoms with Gasteiger partial charge in [0.15, 0.2) is 0 Å². The first-order chi connectivity index (χ1) is 9.52. The molecule has 1 saturated carbocycles. The lowest BCUT2D eigenvalue weighted by atomic mass is 9.88. The van der Waals surface area contributed by atoms with Crippen LogP contribution in [0.4, 0.5) is 0 Å². The monoisotopic (exact) mass is 293 g/mol. The number of rotatable bonds is 7. The van der Waals surface area contributed by atoms with Gasteiger partial charge in [-0.2, -0.15) is 0 Å². The number of thiol groups is 1. The maximum atomic E-state index is 10.9. The Morgan fingerprint density at radius 1 is 1.45 bits per heavy atom. The molecule has 0 saturated heterocycles. The second-order valence-electron chi connectivity index (χ2n) is 6.29. The number of aryl methyl sites for hydroxylation is 1. The average Bonchev–Trinajstić information content (AvgIpc) is 2.41. The Balaban J connectivity index is 1.86. The van der Waals surface area contributed by atoms with Gasteiger partial charge in [0.1, 0.15) is 18.1 Å². The molecule has 20 heavy (non-hydrogen) atoms. The third-order valence-corrected chi connectivity index (χ3v) is 4.22. The fourth-order valence-corrected chi connectivity index (χ4v) is 2.47. The van der Waals surface area contributed by atoms with Gasteiger partial charge in [0.25, 0.3) is 0 Å². The predicted molar refractivity (Wildman–Crippen MR) is 84.2 cm³/mol. The average molecular weight is 293 g/mol. The van der Waals surface area contributed by atoms with E-state index in [1.54, 1.807) is 0 Å². The molecule has 1 aliphatic rings. The first-order valence-electron chi connectivity index (χ1n) is 7.14. The second kappa shape index (κ2) is 6.64. The molecule has 0 aliphatic heterocycles. The molecule has 110 valence electrons. The van der Waals surface area contributed by atoms with Crippen LogP contribution in [0.5, 0.6) is 5.75 Å². The van der Waals surface area contributed by atoms with Gasteiger partial charge in [0.2, 0.25) is 0 Å². The highest BCUT2D eigenvalue weighted by molar-refractivity contribution is 7.78. The van der Waals surface area contributed by atoms with Gasteiger partial charge in [-0.15, -0.1) is 0 Å². The zero-order valence-electron chi connectivity index (χ0n) is 12.1. The van der Waals surface area contributed by atoms with Crippen molar-refractivity contribution in [3.8, 4) is 5.75 Å². The van der Waals surface area contributed by atoms with Gasteiger partial charge in [-0.3, -0.25) is 4.72 Å². The number of benzene rings is 1. The molecule has 1 aliphatic carbocycles. The van der Waals surface area contributed by atoms with Gasteiger partial charge >= 0.3 is 0 Å². The zero-order valence-corrected chi connectivity index (χ0v) is 13.0. The van der Waals surface area contributed by atoms with Crippen molar-refractivity contribution in [2.24, 2.45) is 5.41 Å². The quantitative estimate of drug-likeness (QED) is 0.599. The third kappa shape index (κ3) is 4.25. The molecule has 3 nitrogen and oxygen atoms in total. The van der Waals surface area contributed by atoms with Gasteiger partial charge < -0.3 is 9.53 Å². The highest BCUT2D eigenvalue weighted by Gasteiger charge is 2.29. The summed E-state index contributed by atoms with van der Waals surface area (Å²) in [6.07, 6.45) is 5.09. The summed E-state index contributed by atoms with van der Waals surface area (Å²) >= 11 is 4.06. The largest absolute Gasteiger partial charge is 0.490 e. The maximum absolute atomic E-state index is 10.9. The fraction of sp³-hybridized carbons (Fsp3) is 0.562. The lowest BCUT2D eigenvalue weighted by Crippen LogP contribution is -2.43. The topological polar surface area (TPSA) is 38.3 Å². The van der Waals surface area contributed by atoms with Crippen LogP contribution in [0.1, 0.15) is 38.7 Å². The van der Waals surface area contributed by atoms with Gasteiger partial charge in [0.05, 0.1) is 0 Å². The van der Waals surface area contributed by atoms with Crippen LogP contribution in [-0.4, -0.2) is 18.4 Å². The third-order valence-electron chi connectivity index (χ3n) is 3.86. The van der Waals surface area contributed by atoms with Crippen LogP contribution in [-0.2, 0) is 11.2 Å². The zero-order chi connectivity index (χ0) is 14.6. The maximum Gasteiger partial charge on any atom is 0.125 e. The Morgan fingerprint density at radius 3 is 2.85 bits per heavy atom. The van der Waals surface area contributed by atoms with Gasteiger partial charge in [-0.1, -0.05) is 38.8 Å². The summed E-state index contributed by atoms with van der Waals surface area (Å²) in [6, 6.07) is 8.66. The molecule has 1 fully saturated rings. The summed E-state index contributed by atoms with van der Waals surface area (Å²) in [5.41, 5.74) is 0.969. The minimum atomic E-state index is -0.254. The van der Waals surface area contributed by atoms with E-state index in [0.29, 0.717) is 12.1 Å². The van der Waals surface area contributed by atoms with E-state index in [0.717, 1.165) is 37.7 Å². The predicted octanol–water partition coefficient (Wildman–Crippen LogP) is 3.19. The Hall–Kier alpha value is -1.00. The molecule has 0 aromatic heterocycles. The Labute approximate surface area is 126 Å². The number of carbonyl (C=O) groups excluding carboxylic acids is 1. The van der Waals surface area contributed by atoms with E-state index in [4.69, 9.17) is 4.74 Å². The van der Waals surface area contributed by atoms with Gasteiger partial charge in [0, 0.05) is 24.3 Å². The summed E-state index contributed by atoms with van der Waals surface area (Å²) < 4.78 is 8.89. The van der Waals surface area contributed by atoms with Crippen LogP contribution in [0.2, 0.25) is 0 Å². The summed E-state index contributed by atoms with van der Waals surface area (Å²) in [6.45, 7) is 3.94. The van der Waals surface area contributed by atoms with Crippen molar-refractivity contribution in [3.05, 3.63) is 29.8 Å². The molecule has 1 aromatic rings. The number of hydrogen-bond donors (Lipinski definition) is 2. The van der Waals surface area contributed by atoms with Crippen molar-refractivity contribution in [3.63, 3.8) is 0 Å². The normalized spacial score (nSPS) is 22.1. The van der Waals surface area contributed by atoms with E-state index in [9.17, 15) is 4.79 Å². The van der Waals surface area contributed by atoms with E-state index in [2.05, 4.69) is 29.7 Å². The van der Waals surface area contributed by atoms with Crippen LogP contribution in [0.3, 0.4) is 0 Å². The van der Waals surface area contributed by atoms with E-state index >= 15 is 0 Å². The number of hydrogen-bond acceptors (Lipinski definition) is 4. The second-order valence-corrected chi connectivity index (χ2v) is 6.55. The fourth-order valence-electron chi connectivity index (χ4n) is 2.26. The molecule has 0 amide bonds. The standard InChI is InChI=1S/C16H23NO2S/c1-16(2,11-18)7-6-12-4-3-5-14(8-12)19-15-9-13(10-15)17-20/h3-5,8,11,13,15,17,20H,6-7,9-10H2,1-2H3/t13-,15-. The molecule has 0 unspecified atom stereocenters. The number of aldehydes is 1. The molecule has 2 rings (SSSR count). The summed E-state index contributed by atoms with van der Waals surface area (Å²) in [4.78, 5) is 10.9. The van der Waals surface area contributed by atoms with Crippen molar-refractivity contribution in [2.45, 2.75) is 51.7 Å². The first kappa shape index (κ1) is 15.4. The molecule has 0 radical (unpaired) electrons. The molecule has 1 aromatic carbocycles. The van der Waals surface area contributed by atoms with Crippen molar-refractivity contribution in [2.75, 3.05) is 0 Å². The summed E-state index contributed by atoms with van der Waals surface area (Å²) in [5.74, 6) is 0.925. The van der Waals surface area contributed by atoms with E-state index in [-0.39, 0.29) is 5.41 Å². The number of carbonyl (C=O) groups is 1. The number of ether oxygens (including phenoxy) is 1. The lowest BCUT2D eigenvalue weighted by Gasteiger charge is -2.34. The van der Waals surface area contributed by atoms with Crippen molar-refractivity contribution >= 4 is 19.1 Å². The number of nitrogens with one attached hydrogen (secondary N) is 1. The molecule has 0 heterocycles. The molecular weight excluding hydrogens is 270 g/mol. The Morgan fingerprint density at radius 2 is 2.20 bits per heavy atom. The highest BCUT2D eigenvalue weighted by atomic mass is 32.1. The van der Waals surface area contributed by atoms with Crippen LogP contribution in [0, 0.1) is 5.41 Å². The van der Waals surface area contributed by atoms with Crippen LogP contribution >= 0.6 is 12.8 Å². The molecule has 1 N–H and O–H groups in total. The molecule has 0 atom stereocenters. The van der Waals surface area contributed by atoms with Crippen molar-refractivity contribution in [1.29, 1.82) is 0 Å². The minimum Gasteiger partial charge on any atom is -0.490 e. The van der Waals surface area contributed by atoms with E-state index < -0.39 is 0 Å². The van der Waals surface area contributed by atoms with Crippen LogP contribution in [0.15, 0.2) is 24.3 Å². The van der Waals surface area contributed by atoms with Crippen LogP contribution in [0.25, 0.3) is 0 Å². The van der Waals surface area contributed by atoms with Crippen molar-refractivity contribution < 1.29 is 9.53 Å². The summed E-state index contributed by atoms with van der Waals surface area (Å²) in [5, 5.41) is 0. The highest BCUT2D eigenvalue weighted by Crippen LogP contribution is 2.27. The molecular formula is C16H23NO2S. The summed E-state index contributed by atoms with van der Waals surface area (Å²) in [7, 11) is 0.